The van der Waals surface area contributed by atoms with Gasteiger partial charge in [0.2, 0.25) is 0 Å². The average Bonchev–Trinajstić information content (AvgIpc) is 2.89. The molecular formula is C13H15N3O4. The summed E-state index contributed by atoms with van der Waals surface area (Å²) in [6.07, 6.45) is 1.37. The summed E-state index contributed by atoms with van der Waals surface area (Å²) in [4.78, 5) is 10.6. The summed E-state index contributed by atoms with van der Waals surface area (Å²) in [7, 11) is 1.64. The normalized spacial score (nSPS) is 10.4. The molecule has 2 rings (SSSR count). The van der Waals surface area contributed by atoms with Crippen LogP contribution in [0.2, 0.25) is 0 Å². The Kier molecular flexibility index (Phi) is 4.67. The Bertz CT molecular complexity index is 583. The monoisotopic (exact) mass is 277 g/mol. The molecule has 1 aromatic heterocycles. The van der Waals surface area contributed by atoms with E-state index in [1.165, 1.54) is 10.9 Å². The van der Waals surface area contributed by atoms with Gasteiger partial charge in [-0.15, -0.1) is 5.10 Å². The number of hydrogen-bond donors (Lipinski definition) is 1. The first-order chi connectivity index (χ1) is 9.69. The molecule has 106 valence electrons. The highest BCUT2D eigenvalue weighted by molar-refractivity contribution is 5.84. The quantitative estimate of drug-likeness (QED) is 0.818. The van der Waals surface area contributed by atoms with Crippen LogP contribution in [0.1, 0.15) is 16.1 Å². The molecule has 0 bridgehead atoms. The van der Waals surface area contributed by atoms with E-state index in [9.17, 15) is 4.79 Å². The molecule has 0 aliphatic rings. The second kappa shape index (κ2) is 6.67. The van der Waals surface area contributed by atoms with Gasteiger partial charge in [0.25, 0.3) is 0 Å². The zero-order valence-corrected chi connectivity index (χ0v) is 11.0. The third kappa shape index (κ3) is 3.79. The molecule has 7 heteroatoms. The molecule has 1 heterocycles. The molecular weight excluding hydrogens is 262 g/mol. The number of carboxylic acids is 1. The van der Waals surface area contributed by atoms with Crippen LogP contribution in [-0.4, -0.2) is 39.8 Å². The van der Waals surface area contributed by atoms with Crippen molar-refractivity contribution in [2.24, 2.45) is 0 Å². The second-order valence-electron chi connectivity index (χ2n) is 4.10. The first-order valence-corrected chi connectivity index (χ1v) is 6.03. The van der Waals surface area contributed by atoms with Crippen molar-refractivity contribution in [3.05, 3.63) is 41.7 Å². The van der Waals surface area contributed by atoms with Gasteiger partial charge < -0.3 is 14.6 Å². The lowest BCUT2D eigenvalue weighted by molar-refractivity contribution is 0.0690. The van der Waals surface area contributed by atoms with E-state index in [0.29, 0.717) is 19.8 Å². The van der Waals surface area contributed by atoms with E-state index in [1.54, 1.807) is 7.11 Å². The van der Waals surface area contributed by atoms with E-state index in [1.807, 2.05) is 24.3 Å². The number of hydrogen-bond acceptors (Lipinski definition) is 5. The summed E-state index contributed by atoms with van der Waals surface area (Å²) < 4.78 is 12.1. The molecule has 0 spiro atoms. The van der Waals surface area contributed by atoms with Crippen molar-refractivity contribution in [2.75, 3.05) is 13.7 Å². The summed E-state index contributed by atoms with van der Waals surface area (Å²) in [5, 5.41) is 15.9. The van der Waals surface area contributed by atoms with Crippen LogP contribution in [-0.2, 0) is 17.9 Å². The maximum Gasteiger partial charge on any atom is 0.358 e. The van der Waals surface area contributed by atoms with Gasteiger partial charge in [0.05, 0.1) is 19.3 Å². The zero-order valence-electron chi connectivity index (χ0n) is 11.0. The molecule has 0 aliphatic heterocycles. The number of rotatable bonds is 7. The highest BCUT2D eigenvalue weighted by atomic mass is 16.5. The number of nitrogens with zero attached hydrogens (tertiary/aromatic N) is 3. The lowest BCUT2D eigenvalue weighted by Crippen LogP contribution is -2.09. The SMILES string of the molecule is COCc1cccc(OCCn2cc(C(=O)O)nn2)c1. The Morgan fingerprint density at radius 3 is 3.00 bits per heavy atom. The highest BCUT2D eigenvalue weighted by Gasteiger charge is 2.07. The molecule has 0 saturated heterocycles. The van der Waals surface area contributed by atoms with Gasteiger partial charge in [-0.25, -0.2) is 9.48 Å². The number of methoxy groups -OCH3 is 1. The Morgan fingerprint density at radius 1 is 1.45 bits per heavy atom. The number of aromatic nitrogens is 3. The van der Waals surface area contributed by atoms with Crippen molar-refractivity contribution in [1.29, 1.82) is 0 Å². The van der Waals surface area contributed by atoms with Gasteiger partial charge in [0.1, 0.15) is 12.4 Å². The molecule has 0 saturated carbocycles. The van der Waals surface area contributed by atoms with Gasteiger partial charge in [-0.05, 0) is 17.7 Å². The Hall–Kier alpha value is -2.41. The molecule has 0 radical (unpaired) electrons. The minimum absolute atomic E-state index is 0.0768. The standard InChI is InChI=1S/C13H15N3O4/c1-19-9-10-3-2-4-11(7-10)20-6-5-16-8-12(13(17)18)14-15-16/h2-4,7-8H,5-6,9H2,1H3,(H,17,18). The van der Waals surface area contributed by atoms with Crippen LogP contribution in [0.25, 0.3) is 0 Å². The number of aromatic carboxylic acids is 1. The van der Waals surface area contributed by atoms with Crippen LogP contribution in [0, 0.1) is 0 Å². The Morgan fingerprint density at radius 2 is 2.30 bits per heavy atom. The van der Waals surface area contributed by atoms with Gasteiger partial charge in [0, 0.05) is 7.11 Å². The summed E-state index contributed by atoms with van der Waals surface area (Å²) in [5.74, 6) is -0.359. The number of ether oxygens (including phenoxy) is 2. The first-order valence-electron chi connectivity index (χ1n) is 6.03. The van der Waals surface area contributed by atoms with E-state index in [4.69, 9.17) is 14.6 Å². The Labute approximate surface area is 115 Å². The van der Waals surface area contributed by atoms with Crippen LogP contribution in [0.4, 0.5) is 0 Å². The fraction of sp³-hybridized carbons (Fsp3) is 0.308. The van der Waals surface area contributed by atoms with Crippen LogP contribution in [0.5, 0.6) is 5.75 Å². The first kappa shape index (κ1) is 14.0. The van der Waals surface area contributed by atoms with Crippen LogP contribution >= 0.6 is 0 Å². The number of benzene rings is 1. The van der Waals surface area contributed by atoms with E-state index in [2.05, 4.69) is 10.3 Å². The number of carboxylic acid groups (broad SMARTS) is 1. The third-order valence-corrected chi connectivity index (χ3v) is 2.56. The van der Waals surface area contributed by atoms with Crippen LogP contribution in [0.15, 0.2) is 30.5 Å². The smallest absolute Gasteiger partial charge is 0.358 e. The third-order valence-electron chi connectivity index (χ3n) is 2.56. The summed E-state index contributed by atoms with van der Waals surface area (Å²) >= 11 is 0. The van der Waals surface area contributed by atoms with Crippen LogP contribution in [0.3, 0.4) is 0 Å². The lowest BCUT2D eigenvalue weighted by Gasteiger charge is -2.07. The van der Waals surface area contributed by atoms with E-state index < -0.39 is 5.97 Å². The topological polar surface area (TPSA) is 86.5 Å². The van der Waals surface area contributed by atoms with Crippen molar-refractivity contribution in [1.82, 2.24) is 15.0 Å². The fourth-order valence-electron chi connectivity index (χ4n) is 1.65. The molecule has 0 aliphatic carbocycles. The van der Waals surface area contributed by atoms with Crippen molar-refractivity contribution in [3.8, 4) is 5.75 Å². The molecule has 2 aromatic rings. The lowest BCUT2D eigenvalue weighted by atomic mass is 10.2. The minimum atomic E-state index is -1.09. The summed E-state index contributed by atoms with van der Waals surface area (Å²) in [5.41, 5.74) is 0.950. The van der Waals surface area contributed by atoms with Gasteiger partial charge in [-0.1, -0.05) is 17.3 Å². The molecule has 1 N–H and O–H groups in total. The summed E-state index contributed by atoms with van der Waals surface area (Å²) in [6.45, 7) is 1.33. The number of carbonyl (C=O) groups is 1. The van der Waals surface area contributed by atoms with E-state index in [0.717, 1.165) is 11.3 Å². The molecule has 20 heavy (non-hydrogen) atoms. The fourth-order valence-corrected chi connectivity index (χ4v) is 1.65. The predicted octanol–water partition coefficient (Wildman–Crippen LogP) is 1.20. The van der Waals surface area contributed by atoms with Gasteiger partial charge in [-0.3, -0.25) is 0 Å². The molecule has 0 fully saturated rings. The molecule has 1 aromatic carbocycles. The molecule has 0 atom stereocenters. The van der Waals surface area contributed by atoms with E-state index >= 15 is 0 Å². The van der Waals surface area contributed by atoms with E-state index in [-0.39, 0.29) is 5.69 Å². The molecule has 0 amide bonds. The largest absolute Gasteiger partial charge is 0.492 e. The highest BCUT2D eigenvalue weighted by Crippen LogP contribution is 2.13. The van der Waals surface area contributed by atoms with Crippen molar-refractivity contribution < 1.29 is 19.4 Å². The average molecular weight is 277 g/mol. The van der Waals surface area contributed by atoms with Crippen molar-refractivity contribution >= 4 is 5.97 Å². The van der Waals surface area contributed by atoms with Crippen molar-refractivity contribution in [2.45, 2.75) is 13.2 Å². The van der Waals surface area contributed by atoms with Gasteiger partial charge in [-0.2, -0.15) is 0 Å². The maximum absolute atomic E-state index is 10.6. The maximum atomic E-state index is 10.6. The zero-order chi connectivity index (χ0) is 14.4. The van der Waals surface area contributed by atoms with Crippen LogP contribution < -0.4 is 4.74 Å². The van der Waals surface area contributed by atoms with Crippen molar-refractivity contribution in [3.63, 3.8) is 0 Å². The molecule has 0 unspecified atom stereocenters. The second-order valence-corrected chi connectivity index (χ2v) is 4.10. The molecule has 7 nitrogen and oxygen atoms in total. The van der Waals surface area contributed by atoms with Gasteiger partial charge in [0.15, 0.2) is 5.69 Å². The Balaban J connectivity index is 1.85. The predicted molar refractivity (Wildman–Crippen MR) is 69.6 cm³/mol. The summed E-state index contributed by atoms with van der Waals surface area (Å²) in [6, 6.07) is 7.59. The minimum Gasteiger partial charge on any atom is -0.492 e. The van der Waals surface area contributed by atoms with Gasteiger partial charge >= 0.3 is 5.97 Å².